The molecule has 0 aromatic rings. The molecular weight excluding hydrogens is 464 g/mol. The molecule has 4 fully saturated rings. The molecule has 1 saturated heterocycles. The summed E-state index contributed by atoms with van der Waals surface area (Å²) in [7, 11) is -1.94. The number of hydrogen-bond donors (Lipinski definition) is 1. The van der Waals surface area contributed by atoms with E-state index in [-0.39, 0.29) is 28.6 Å². The molecule has 0 unspecified atom stereocenters. The van der Waals surface area contributed by atoms with E-state index >= 15 is 0 Å². The lowest BCUT2D eigenvalue weighted by Gasteiger charge is -2.65. The molecule has 3 aliphatic carbocycles. The van der Waals surface area contributed by atoms with Crippen LogP contribution in [0.3, 0.4) is 0 Å². The van der Waals surface area contributed by atoms with Crippen molar-refractivity contribution in [1.29, 1.82) is 0 Å². The van der Waals surface area contributed by atoms with Gasteiger partial charge >= 0.3 is 0 Å². The van der Waals surface area contributed by atoms with Gasteiger partial charge in [0, 0.05) is 11.8 Å². The minimum atomic E-state index is -1.94. The SMILES string of the molecule is CCCCCC[C@]12CC[C@@H](O)[C@H](C#C[C@@H](O[Si](C)(C)C(C)(C)C)C3CCCCC3)[C@H]1CC21OCCO1. The first-order valence-electron chi connectivity index (χ1n) is 15.2. The van der Waals surface area contributed by atoms with Gasteiger partial charge in [-0.15, -0.1) is 0 Å². The molecule has 0 bridgehead atoms. The van der Waals surface area contributed by atoms with Gasteiger partial charge in [-0.1, -0.05) is 84.5 Å². The number of unbranched alkanes of at least 4 members (excludes halogenated alkanes) is 3. The fraction of sp³-hybridized carbons (Fsp3) is 0.935. The van der Waals surface area contributed by atoms with E-state index in [9.17, 15) is 5.11 Å². The van der Waals surface area contributed by atoms with Crippen LogP contribution in [0, 0.1) is 35.0 Å². The van der Waals surface area contributed by atoms with Crippen molar-refractivity contribution in [2.45, 2.75) is 147 Å². The lowest BCUT2D eigenvalue weighted by Crippen LogP contribution is -2.69. The molecule has 0 aromatic heterocycles. The van der Waals surface area contributed by atoms with Crippen molar-refractivity contribution in [3.63, 3.8) is 0 Å². The van der Waals surface area contributed by atoms with Gasteiger partial charge in [-0.05, 0) is 62.1 Å². The van der Waals surface area contributed by atoms with E-state index in [0.29, 0.717) is 25.0 Å². The van der Waals surface area contributed by atoms with E-state index in [4.69, 9.17) is 13.9 Å². The standard InChI is InChI=1S/C31H54O4Si/c1-7-8-9-13-19-30-20-18-27(32)25(26(30)23-31(30)33-21-22-34-31)16-17-28(24-14-11-10-12-15-24)35-36(5,6)29(2,3)4/h24-28,32H,7-15,18-23H2,1-6H3/t25-,26-,27-,28-,30+/m1/s1. The van der Waals surface area contributed by atoms with Crippen molar-refractivity contribution in [2.24, 2.45) is 23.2 Å². The maximum atomic E-state index is 11.2. The summed E-state index contributed by atoms with van der Waals surface area (Å²) in [5, 5.41) is 11.4. The average Bonchev–Trinajstić information content (AvgIpc) is 3.34. The van der Waals surface area contributed by atoms with E-state index in [2.05, 4.69) is 52.6 Å². The van der Waals surface area contributed by atoms with E-state index < -0.39 is 14.1 Å². The van der Waals surface area contributed by atoms with Gasteiger partial charge in [-0.25, -0.2) is 0 Å². The maximum Gasteiger partial charge on any atom is 0.193 e. The number of rotatable bonds is 8. The van der Waals surface area contributed by atoms with Gasteiger partial charge in [0.05, 0.1) is 25.2 Å². The predicted octanol–water partition coefficient (Wildman–Crippen LogP) is 7.45. The Balaban J connectivity index is 1.57. The summed E-state index contributed by atoms with van der Waals surface area (Å²) in [5.74, 6) is 7.84. The third kappa shape index (κ3) is 5.50. The Morgan fingerprint density at radius 3 is 2.36 bits per heavy atom. The molecule has 1 aliphatic heterocycles. The summed E-state index contributed by atoms with van der Waals surface area (Å²) in [6.07, 6.45) is 14.8. The zero-order chi connectivity index (χ0) is 26.0. The highest BCUT2D eigenvalue weighted by Gasteiger charge is 2.71. The molecule has 36 heavy (non-hydrogen) atoms. The van der Waals surface area contributed by atoms with Gasteiger partial charge < -0.3 is 19.0 Å². The molecule has 5 heteroatoms. The molecular formula is C31H54O4Si. The predicted molar refractivity (Wildman–Crippen MR) is 149 cm³/mol. The zero-order valence-corrected chi connectivity index (χ0v) is 25.2. The Hall–Kier alpha value is -0.383. The molecule has 4 nitrogen and oxygen atoms in total. The van der Waals surface area contributed by atoms with Crippen molar-refractivity contribution < 1.29 is 19.0 Å². The summed E-state index contributed by atoms with van der Waals surface area (Å²) >= 11 is 0. The Kier molecular flexibility index (Phi) is 9.05. The Labute approximate surface area is 222 Å². The third-order valence-electron chi connectivity index (χ3n) is 10.6. The van der Waals surface area contributed by atoms with Crippen LogP contribution in [-0.4, -0.2) is 44.6 Å². The fourth-order valence-electron chi connectivity index (χ4n) is 7.32. The topological polar surface area (TPSA) is 47.9 Å². The summed E-state index contributed by atoms with van der Waals surface area (Å²) in [6.45, 7) is 15.3. The van der Waals surface area contributed by atoms with Gasteiger partial charge in [-0.2, -0.15) is 0 Å². The van der Waals surface area contributed by atoms with Crippen LogP contribution in [0.1, 0.15) is 111 Å². The molecule has 1 heterocycles. The van der Waals surface area contributed by atoms with Gasteiger partial charge in [0.2, 0.25) is 0 Å². The van der Waals surface area contributed by atoms with Crippen LogP contribution in [-0.2, 0) is 13.9 Å². The molecule has 206 valence electrons. The van der Waals surface area contributed by atoms with Gasteiger partial charge in [0.15, 0.2) is 14.1 Å². The van der Waals surface area contributed by atoms with Crippen molar-refractivity contribution in [1.82, 2.24) is 0 Å². The van der Waals surface area contributed by atoms with E-state index in [1.165, 1.54) is 57.8 Å². The van der Waals surface area contributed by atoms with Gasteiger partial charge in [0.25, 0.3) is 0 Å². The number of aliphatic hydroxyl groups excluding tert-OH is 1. The highest BCUT2D eigenvalue weighted by Crippen LogP contribution is 2.68. The lowest BCUT2D eigenvalue weighted by molar-refractivity contribution is -0.353. The van der Waals surface area contributed by atoms with E-state index in [0.717, 1.165) is 25.7 Å². The second-order valence-corrected chi connectivity index (χ2v) is 18.6. The first-order chi connectivity index (χ1) is 17.1. The fourth-order valence-corrected chi connectivity index (χ4v) is 8.56. The first kappa shape index (κ1) is 28.6. The molecule has 0 aromatic carbocycles. The number of hydrogen-bond acceptors (Lipinski definition) is 4. The van der Waals surface area contributed by atoms with Crippen LogP contribution in [0.4, 0.5) is 0 Å². The normalized spacial score (nSPS) is 33.5. The van der Waals surface area contributed by atoms with E-state index in [1.54, 1.807) is 0 Å². The highest BCUT2D eigenvalue weighted by molar-refractivity contribution is 6.74. The van der Waals surface area contributed by atoms with Crippen LogP contribution in [0.25, 0.3) is 0 Å². The van der Waals surface area contributed by atoms with Gasteiger partial charge in [0.1, 0.15) is 6.10 Å². The van der Waals surface area contributed by atoms with Crippen molar-refractivity contribution in [2.75, 3.05) is 13.2 Å². The second kappa shape index (κ2) is 11.4. The molecule has 0 radical (unpaired) electrons. The second-order valence-electron chi connectivity index (χ2n) is 13.8. The smallest absolute Gasteiger partial charge is 0.193 e. The Morgan fingerprint density at radius 2 is 1.72 bits per heavy atom. The number of aliphatic hydroxyl groups is 1. The van der Waals surface area contributed by atoms with Crippen molar-refractivity contribution in [3.05, 3.63) is 0 Å². The van der Waals surface area contributed by atoms with Crippen LogP contribution in [0.5, 0.6) is 0 Å². The molecule has 4 aliphatic rings. The first-order valence-corrected chi connectivity index (χ1v) is 18.1. The summed E-state index contributed by atoms with van der Waals surface area (Å²) in [6, 6.07) is 0. The molecule has 1 N–H and O–H groups in total. The average molecular weight is 519 g/mol. The van der Waals surface area contributed by atoms with E-state index in [1.807, 2.05) is 0 Å². The third-order valence-corrected chi connectivity index (χ3v) is 15.1. The van der Waals surface area contributed by atoms with Crippen LogP contribution < -0.4 is 0 Å². The molecule has 4 rings (SSSR count). The Bertz CT molecular complexity index is 781. The van der Waals surface area contributed by atoms with Crippen LogP contribution in [0.2, 0.25) is 18.1 Å². The largest absolute Gasteiger partial charge is 0.403 e. The minimum absolute atomic E-state index is 0.00236. The van der Waals surface area contributed by atoms with Crippen molar-refractivity contribution >= 4 is 8.32 Å². The van der Waals surface area contributed by atoms with Crippen LogP contribution >= 0.6 is 0 Å². The molecule has 1 spiro atoms. The molecule has 5 atom stereocenters. The zero-order valence-electron chi connectivity index (χ0n) is 24.2. The summed E-state index contributed by atoms with van der Waals surface area (Å²) in [4.78, 5) is 0. The molecule has 0 amide bonds. The van der Waals surface area contributed by atoms with Crippen molar-refractivity contribution in [3.8, 4) is 11.8 Å². The monoisotopic (exact) mass is 518 g/mol. The van der Waals surface area contributed by atoms with Gasteiger partial charge in [-0.3, -0.25) is 0 Å². The number of ether oxygens (including phenoxy) is 2. The Morgan fingerprint density at radius 1 is 1.03 bits per heavy atom. The summed E-state index contributed by atoms with van der Waals surface area (Å²) < 4.78 is 19.7. The quantitative estimate of drug-likeness (QED) is 0.206. The highest BCUT2D eigenvalue weighted by atomic mass is 28.4. The maximum absolute atomic E-state index is 11.2. The number of fused-ring (bicyclic) bond motifs is 2. The lowest BCUT2D eigenvalue weighted by atomic mass is 9.44. The summed E-state index contributed by atoms with van der Waals surface area (Å²) in [5.41, 5.74) is 0.0104. The minimum Gasteiger partial charge on any atom is -0.403 e. The molecule has 3 saturated carbocycles. The van der Waals surface area contributed by atoms with Crippen LogP contribution in [0.15, 0.2) is 0 Å².